The second-order valence-corrected chi connectivity index (χ2v) is 6.83. The van der Waals surface area contributed by atoms with Crippen LogP contribution in [0.2, 0.25) is 0 Å². The summed E-state index contributed by atoms with van der Waals surface area (Å²) in [6.07, 6.45) is 3.89. The predicted molar refractivity (Wildman–Crippen MR) is 115 cm³/mol. The van der Waals surface area contributed by atoms with Crippen molar-refractivity contribution in [3.8, 4) is 17.0 Å². The molecule has 28 heavy (non-hydrogen) atoms. The van der Waals surface area contributed by atoms with Crippen molar-refractivity contribution in [2.45, 2.75) is 19.4 Å². The molecule has 0 unspecified atom stereocenters. The number of methoxy groups -OCH3 is 1. The maximum absolute atomic E-state index is 11.7. The van der Waals surface area contributed by atoms with Crippen LogP contribution in [-0.4, -0.2) is 45.7 Å². The molecule has 1 amide bonds. The number of aliphatic hydroxyl groups is 1. The van der Waals surface area contributed by atoms with Gasteiger partial charge in [0.25, 0.3) is 5.91 Å². The van der Waals surface area contributed by atoms with E-state index in [4.69, 9.17) is 16.2 Å². The highest BCUT2D eigenvalue weighted by Gasteiger charge is 2.22. The van der Waals surface area contributed by atoms with Gasteiger partial charge in [0.15, 0.2) is 0 Å². The van der Waals surface area contributed by atoms with Gasteiger partial charge in [-0.25, -0.2) is 9.97 Å². The summed E-state index contributed by atoms with van der Waals surface area (Å²) in [6.45, 7) is 1.88. The van der Waals surface area contributed by atoms with Gasteiger partial charge in [0.2, 0.25) is 5.95 Å². The largest absolute Gasteiger partial charge is 0.495 e. The van der Waals surface area contributed by atoms with Crippen LogP contribution in [0.25, 0.3) is 21.5 Å². The van der Waals surface area contributed by atoms with Crippen LogP contribution in [-0.2, 0) is 0 Å². The van der Waals surface area contributed by atoms with Crippen LogP contribution in [0.1, 0.15) is 23.0 Å². The van der Waals surface area contributed by atoms with Crippen LogP contribution < -0.4 is 21.5 Å². The van der Waals surface area contributed by atoms with Gasteiger partial charge < -0.3 is 26.6 Å². The Kier molecular flexibility index (Phi) is 7.00. The molecule has 0 radical (unpaired) electrons. The summed E-state index contributed by atoms with van der Waals surface area (Å²) in [5.74, 6) is 0.250. The van der Waals surface area contributed by atoms with Crippen LogP contribution in [0.3, 0.4) is 0 Å². The number of amides is 1. The van der Waals surface area contributed by atoms with Crippen molar-refractivity contribution in [1.29, 1.82) is 0 Å². The highest BCUT2D eigenvalue weighted by atomic mass is 32.1. The Labute approximate surface area is 172 Å². The third-order valence-electron chi connectivity index (χ3n) is 4.08. The number of aromatic nitrogens is 3. The van der Waals surface area contributed by atoms with E-state index in [0.717, 1.165) is 11.3 Å². The molecular weight excluding hydrogens is 400 g/mol. The minimum Gasteiger partial charge on any atom is -0.495 e. The summed E-state index contributed by atoms with van der Waals surface area (Å²) >= 11 is 1.10. The van der Waals surface area contributed by atoms with Crippen LogP contribution in [0.5, 0.6) is 5.75 Å². The highest BCUT2D eigenvalue weighted by molar-refractivity contribution is 7.59. The zero-order valence-corrected chi connectivity index (χ0v) is 17.2. The molecule has 11 heteroatoms. The van der Waals surface area contributed by atoms with Crippen LogP contribution in [0.4, 0.5) is 11.6 Å². The van der Waals surface area contributed by atoms with Gasteiger partial charge in [-0.05, 0) is 12.5 Å². The molecule has 9 nitrogen and oxygen atoms in total. The first-order valence-electron chi connectivity index (χ1n) is 8.25. The number of nitrogens with one attached hydrogen (secondary N) is 1. The number of nitrogens with zero attached hydrogens (tertiary/aromatic N) is 3. The van der Waals surface area contributed by atoms with Crippen molar-refractivity contribution in [3.05, 3.63) is 23.3 Å². The SMILES string of the molecule is CC[C@@H](CO)Nc1nc(-c2cncc(OC)c2)c2c(N)c(C(N)=O)sc2n1.S. The lowest BCUT2D eigenvalue weighted by Gasteiger charge is -2.15. The molecule has 0 aliphatic heterocycles. The van der Waals surface area contributed by atoms with E-state index in [0.29, 0.717) is 39.6 Å². The minimum atomic E-state index is -0.624. The fraction of sp³-hybridized carbons (Fsp3) is 0.294. The van der Waals surface area contributed by atoms with Crippen molar-refractivity contribution in [2.75, 3.05) is 24.8 Å². The van der Waals surface area contributed by atoms with Gasteiger partial charge in [0.05, 0.1) is 42.7 Å². The van der Waals surface area contributed by atoms with E-state index in [1.165, 1.54) is 0 Å². The van der Waals surface area contributed by atoms with E-state index in [2.05, 4.69) is 20.3 Å². The Hall–Kier alpha value is -2.63. The number of hydrogen-bond acceptors (Lipinski definition) is 9. The monoisotopic (exact) mass is 422 g/mol. The molecule has 0 saturated heterocycles. The van der Waals surface area contributed by atoms with Crippen molar-refractivity contribution >= 4 is 52.6 Å². The Morgan fingerprint density at radius 1 is 1.39 bits per heavy atom. The average molecular weight is 423 g/mol. The van der Waals surface area contributed by atoms with Crippen LogP contribution in [0, 0.1) is 0 Å². The van der Waals surface area contributed by atoms with Gasteiger partial charge in [-0.2, -0.15) is 13.5 Å². The zero-order valence-electron chi connectivity index (χ0n) is 15.4. The number of carbonyl (C=O) groups excluding carboxylic acids is 1. The molecule has 0 spiro atoms. The zero-order chi connectivity index (χ0) is 19.6. The topological polar surface area (TPSA) is 149 Å². The number of primary amides is 1. The Balaban J connectivity index is 0.00000280. The van der Waals surface area contributed by atoms with E-state index < -0.39 is 5.91 Å². The molecule has 6 N–H and O–H groups in total. The summed E-state index contributed by atoms with van der Waals surface area (Å²) in [4.78, 5) is 25.6. The first-order chi connectivity index (χ1) is 13.0. The summed E-state index contributed by atoms with van der Waals surface area (Å²) in [5.41, 5.74) is 13.0. The lowest BCUT2D eigenvalue weighted by Crippen LogP contribution is -2.24. The molecule has 3 rings (SSSR count). The molecule has 0 aliphatic carbocycles. The fourth-order valence-corrected chi connectivity index (χ4v) is 3.54. The first kappa shape index (κ1) is 21.7. The van der Waals surface area contributed by atoms with Crippen molar-refractivity contribution < 1.29 is 14.6 Å². The Bertz CT molecular complexity index is 990. The maximum Gasteiger partial charge on any atom is 0.260 e. The van der Waals surface area contributed by atoms with Gasteiger partial charge in [-0.15, -0.1) is 11.3 Å². The molecule has 3 aromatic heterocycles. The van der Waals surface area contributed by atoms with Gasteiger partial charge in [-0.3, -0.25) is 9.78 Å². The second kappa shape index (κ2) is 9.04. The molecule has 3 aromatic rings. The normalized spacial score (nSPS) is 11.7. The molecule has 0 aromatic carbocycles. The van der Waals surface area contributed by atoms with Crippen LogP contribution in [0.15, 0.2) is 18.5 Å². The third kappa shape index (κ3) is 4.11. The maximum atomic E-state index is 11.7. The standard InChI is InChI=1S/C17H20N6O3S.H2S/c1-3-9(7-24)21-17-22-13(8-4-10(26-2)6-20-5-8)11-12(18)14(15(19)25)27-16(11)23-17;/h4-6,9,24H,3,7,18H2,1-2H3,(H2,19,25)(H,21,22,23);1H2/t9-;/m0./s1. The number of carbonyl (C=O) groups is 1. The number of anilines is 2. The van der Waals surface area contributed by atoms with Gasteiger partial charge in [0.1, 0.15) is 15.5 Å². The van der Waals surface area contributed by atoms with E-state index in [9.17, 15) is 9.90 Å². The van der Waals surface area contributed by atoms with Gasteiger partial charge in [0, 0.05) is 11.8 Å². The minimum absolute atomic E-state index is 0. The molecule has 0 bridgehead atoms. The molecule has 3 heterocycles. The summed E-state index contributed by atoms with van der Waals surface area (Å²) in [6, 6.07) is 1.56. The lowest BCUT2D eigenvalue weighted by molar-refractivity contribution is 0.100. The van der Waals surface area contributed by atoms with E-state index in [1.807, 2.05) is 6.92 Å². The van der Waals surface area contributed by atoms with Gasteiger partial charge in [-0.1, -0.05) is 6.92 Å². The fourth-order valence-electron chi connectivity index (χ4n) is 2.60. The quantitative estimate of drug-likeness (QED) is 0.450. The predicted octanol–water partition coefficient (Wildman–Crippen LogP) is 1.74. The van der Waals surface area contributed by atoms with E-state index >= 15 is 0 Å². The number of ether oxygens (including phenoxy) is 1. The van der Waals surface area contributed by atoms with Crippen molar-refractivity contribution in [3.63, 3.8) is 0 Å². The van der Waals surface area contributed by atoms with E-state index in [1.54, 1.807) is 25.6 Å². The third-order valence-corrected chi connectivity index (χ3v) is 5.20. The number of nitrogens with two attached hydrogens (primary N) is 2. The number of rotatable bonds is 7. The summed E-state index contributed by atoms with van der Waals surface area (Å²) in [7, 11) is 1.54. The van der Waals surface area contributed by atoms with Crippen LogP contribution >= 0.6 is 24.8 Å². The van der Waals surface area contributed by atoms with Crippen molar-refractivity contribution in [2.24, 2.45) is 5.73 Å². The number of hydrogen-bond donors (Lipinski definition) is 4. The second-order valence-electron chi connectivity index (χ2n) is 5.83. The summed E-state index contributed by atoms with van der Waals surface area (Å²) < 4.78 is 5.23. The lowest BCUT2D eigenvalue weighted by atomic mass is 10.1. The average Bonchev–Trinajstić information content (AvgIpc) is 3.02. The molecule has 1 atom stereocenters. The number of aliphatic hydroxyl groups excluding tert-OH is 1. The Morgan fingerprint density at radius 2 is 2.14 bits per heavy atom. The highest BCUT2D eigenvalue weighted by Crippen LogP contribution is 2.39. The Morgan fingerprint density at radius 3 is 2.75 bits per heavy atom. The smallest absolute Gasteiger partial charge is 0.260 e. The molecule has 0 fully saturated rings. The van der Waals surface area contributed by atoms with Crippen molar-refractivity contribution in [1.82, 2.24) is 15.0 Å². The number of thiophene rings is 1. The molecule has 0 aliphatic rings. The molecule has 0 saturated carbocycles. The molecule has 150 valence electrons. The molecular formula is C17H22N6O3S2. The number of nitrogen functional groups attached to an aromatic ring is 1. The van der Waals surface area contributed by atoms with E-state index in [-0.39, 0.29) is 36.7 Å². The number of fused-ring (bicyclic) bond motifs is 1. The van der Waals surface area contributed by atoms with Gasteiger partial charge >= 0.3 is 0 Å². The summed E-state index contributed by atoms with van der Waals surface area (Å²) in [5, 5.41) is 13.1. The first-order valence-corrected chi connectivity index (χ1v) is 9.06. The number of pyridine rings is 1.